The number of benzene rings is 3. The number of nitrogens with two attached hydrogens (primary N) is 1. The predicted molar refractivity (Wildman–Crippen MR) is 151 cm³/mol. The summed E-state index contributed by atoms with van der Waals surface area (Å²) in [5.74, 6) is -0.824. The van der Waals surface area contributed by atoms with Crippen LogP contribution >= 0.6 is 11.6 Å². The minimum atomic E-state index is -3.61. The summed E-state index contributed by atoms with van der Waals surface area (Å²) in [5, 5.41) is 13.4. The number of rotatable bonds is 12. The maximum absolute atomic E-state index is 13.3. The van der Waals surface area contributed by atoms with Crippen molar-refractivity contribution in [3.8, 4) is 0 Å². The Hall–Kier alpha value is -3.02. The maximum Gasteiger partial charge on any atom is 0.251 e. The number of sulfonamides is 1. The molecular weight excluding hydrogens is 545 g/mol. The minimum Gasteiger partial charge on any atom is -0.394 e. The Morgan fingerprint density at radius 2 is 1.85 bits per heavy atom. The van der Waals surface area contributed by atoms with E-state index in [-0.39, 0.29) is 36.9 Å². The Morgan fingerprint density at radius 3 is 2.46 bits per heavy atom. The molecule has 11 heteroatoms. The van der Waals surface area contributed by atoms with E-state index in [1.165, 1.54) is 25.2 Å². The number of aliphatic hydroxyl groups excluding tert-OH is 1. The smallest absolute Gasteiger partial charge is 0.251 e. The molecule has 0 aliphatic heterocycles. The standard InChI is InChI=1S/C28H33ClFN3O5S/c1-19(22-7-9-25(30)10-8-22)32-27(35)23-11-21(13-26(14-23)33(2)39(3,36)37)16-38-18-28(31,17-34)15-20-5-4-6-24(29)12-20/h4-14,19,34H,15-18,31H2,1-3H3,(H,32,35)/t19-,28?/m1/s1. The highest BCUT2D eigenvalue weighted by Crippen LogP contribution is 2.23. The molecule has 0 aliphatic rings. The summed E-state index contributed by atoms with van der Waals surface area (Å²) < 4.78 is 44.6. The predicted octanol–water partition coefficient (Wildman–Crippen LogP) is 3.82. The molecule has 0 bridgehead atoms. The summed E-state index contributed by atoms with van der Waals surface area (Å²) in [4.78, 5) is 13.1. The molecule has 0 aromatic heterocycles. The van der Waals surface area contributed by atoms with Gasteiger partial charge in [-0.2, -0.15) is 0 Å². The largest absolute Gasteiger partial charge is 0.394 e. The monoisotopic (exact) mass is 577 g/mol. The van der Waals surface area contributed by atoms with Crippen LogP contribution in [0.3, 0.4) is 0 Å². The number of amides is 1. The van der Waals surface area contributed by atoms with Gasteiger partial charge in [-0.3, -0.25) is 9.10 Å². The molecular formula is C28H33ClFN3O5S. The van der Waals surface area contributed by atoms with E-state index in [4.69, 9.17) is 22.1 Å². The molecule has 0 saturated carbocycles. The van der Waals surface area contributed by atoms with Crippen LogP contribution in [0.2, 0.25) is 5.02 Å². The van der Waals surface area contributed by atoms with Gasteiger partial charge >= 0.3 is 0 Å². The van der Waals surface area contributed by atoms with Gasteiger partial charge in [-0.25, -0.2) is 12.8 Å². The molecule has 210 valence electrons. The number of carbonyl (C=O) groups is 1. The number of aliphatic hydroxyl groups is 1. The zero-order chi connectivity index (χ0) is 28.8. The molecule has 3 aromatic rings. The lowest BCUT2D eigenvalue weighted by Crippen LogP contribution is -2.50. The first-order chi connectivity index (χ1) is 18.3. The van der Waals surface area contributed by atoms with E-state index in [0.29, 0.717) is 22.6 Å². The van der Waals surface area contributed by atoms with Crippen molar-refractivity contribution in [3.05, 3.63) is 99.8 Å². The Kier molecular flexibility index (Phi) is 10.1. The summed E-state index contributed by atoms with van der Waals surface area (Å²) in [5.41, 5.74) is 7.87. The van der Waals surface area contributed by atoms with Crippen molar-refractivity contribution < 1.29 is 27.4 Å². The Morgan fingerprint density at radius 1 is 1.15 bits per heavy atom. The van der Waals surface area contributed by atoms with E-state index in [0.717, 1.165) is 16.1 Å². The normalized spacial score (nSPS) is 13.9. The lowest BCUT2D eigenvalue weighted by Gasteiger charge is -2.27. The summed E-state index contributed by atoms with van der Waals surface area (Å²) in [6.07, 6.45) is 1.38. The van der Waals surface area contributed by atoms with Crippen molar-refractivity contribution in [3.63, 3.8) is 0 Å². The van der Waals surface area contributed by atoms with Gasteiger partial charge < -0.3 is 20.9 Å². The molecule has 2 atom stereocenters. The first kappa shape index (κ1) is 30.5. The molecule has 8 nitrogen and oxygen atoms in total. The van der Waals surface area contributed by atoms with Gasteiger partial charge in [0.15, 0.2) is 0 Å². The van der Waals surface area contributed by atoms with Crippen LogP contribution < -0.4 is 15.4 Å². The van der Waals surface area contributed by atoms with Gasteiger partial charge in [0.05, 0.1) is 43.3 Å². The van der Waals surface area contributed by atoms with Crippen molar-refractivity contribution in [2.24, 2.45) is 5.73 Å². The van der Waals surface area contributed by atoms with E-state index in [1.807, 2.05) is 6.07 Å². The van der Waals surface area contributed by atoms with Gasteiger partial charge in [0.1, 0.15) is 5.82 Å². The number of hydrogen-bond donors (Lipinski definition) is 3. The molecule has 3 rings (SSSR count). The first-order valence-corrected chi connectivity index (χ1v) is 14.4. The zero-order valence-electron chi connectivity index (χ0n) is 22.0. The van der Waals surface area contributed by atoms with Gasteiger partial charge in [-0.15, -0.1) is 0 Å². The fourth-order valence-electron chi connectivity index (χ4n) is 3.95. The minimum absolute atomic E-state index is 0.00767. The lowest BCUT2D eigenvalue weighted by molar-refractivity contribution is 0.0457. The van der Waals surface area contributed by atoms with Gasteiger partial charge in [0.2, 0.25) is 10.0 Å². The van der Waals surface area contributed by atoms with Crippen LogP contribution in [0.5, 0.6) is 0 Å². The molecule has 0 fully saturated rings. The van der Waals surface area contributed by atoms with E-state index in [2.05, 4.69) is 5.32 Å². The number of carbonyl (C=O) groups excluding carboxylic acids is 1. The third-order valence-corrected chi connectivity index (χ3v) is 7.68. The Bertz CT molecular complexity index is 1400. The van der Waals surface area contributed by atoms with E-state index < -0.39 is 27.5 Å². The average molecular weight is 578 g/mol. The fourth-order valence-corrected chi connectivity index (χ4v) is 4.66. The zero-order valence-corrected chi connectivity index (χ0v) is 23.6. The maximum atomic E-state index is 13.3. The quantitative estimate of drug-likeness (QED) is 0.301. The van der Waals surface area contributed by atoms with Gasteiger partial charge in [-0.05, 0) is 72.5 Å². The second-order valence-electron chi connectivity index (χ2n) is 9.69. The first-order valence-electron chi connectivity index (χ1n) is 12.2. The number of ether oxygens (including phenoxy) is 1. The topological polar surface area (TPSA) is 122 Å². The number of halogens is 2. The van der Waals surface area contributed by atoms with E-state index >= 15 is 0 Å². The molecule has 4 N–H and O–H groups in total. The number of hydrogen-bond acceptors (Lipinski definition) is 6. The van der Waals surface area contributed by atoms with Gasteiger partial charge in [-0.1, -0.05) is 35.9 Å². The number of nitrogens with zero attached hydrogens (tertiary/aromatic N) is 1. The average Bonchev–Trinajstić information content (AvgIpc) is 2.87. The van der Waals surface area contributed by atoms with Crippen LogP contribution in [-0.2, 0) is 27.8 Å². The second-order valence-corrected chi connectivity index (χ2v) is 12.1. The molecule has 1 unspecified atom stereocenters. The summed E-state index contributed by atoms with van der Waals surface area (Å²) >= 11 is 6.06. The number of nitrogens with one attached hydrogen (secondary N) is 1. The molecule has 1 amide bonds. The number of anilines is 1. The summed E-state index contributed by atoms with van der Waals surface area (Å²) in [7, 11) is -2.22. The molecule has 0 saturated heterocycles. The fraction of sp³-hybridized carbons (Fsp3) is 0.321. The third kappa shape index (κ3) is 8.74. The Balaban J connectivity index is 1.79. The van der Waals surface area contributed by atoms with Crippen molar-refractivity contribution >= 4 is 33.2 Å². The van der Waals surface area contributed by atoms with E-state index in [1.54, 1.807) is 49.4 Å². The van der Waals surface area contributed by atoms with Crippen LogP contribution in [0.15, 0.2) is 66.7 Å². The second kappa shape index (κ2) is 12.9. The highest BCUT2D eigenvalue weighted by Gasteiger charge is 2.26. The summed E-state index contributed by atoms with van der Waals surface area (Å²) in [6, 6.07) is 17.2. The van der Waals surface area contributed by atoms with Crippen LogP contribution in [0.1, 0.15) is 40.0 Å². The van der Waals surface area contributed by atoms with Crippen molar-refractivity contribution in [1.29, 1.82) is 0 Å². The van der Waals surface area contributed by atoms with Crippen molar-refractivity contribution in [2.45, 2.75) is 31.5 Å². The highest BCUT2D eigenvalue weighted by atomic mass is 35.5. The summed E-state index contributed by atoms with van der Waals surface area (Å²) in [6.45, 7) is 1.42. The molecule has 0 spiro atoms. The van der Waals surface area contributed by atoms with Crippen LogP contribution in [0, 0.1) is 5.82 Å². The van der Waals surface area contributed by atoms with E-state index in [9.17, 15) is 22.7 Å². The van der Waals surface area contributed by atoms with Gasteiger partial charge in [0, 0.05) is 17.6 Å². The molecule has 3 aromatic carbocycles. The van der Waals surface area contributed by atoms with Crippen LogP contribution in [0.4, 0.5) is 10.1 Å². The molecule has 0 heterocycles. The SMILES string of the molecule is C[C@@H](NC(=O)c1cc(COCC(N)(CO)Cc2cccc(Cl)c2)cc(N(C)S(C)(=O)=O)c1)c1ccc(F)cc1. The Labute approximate surface area is 233 Å². The van der Waals surface area contributed by atoms with Gasteiger partial charge in [0.25, 0.3) is 5.91 Å². The molecule has 39 heavy (non-hydrogen) atoms. The highest BCUT2D eigenvalue weighted by molar-refractivity contribution is 7.92. The van der Waals surface area contributed by atoms with Crippen molar-refractivity contribution in [1.82, 2.24) is 5.32 Å². The lowest BCUT2D eigenvalue weighted by atomic mass is 9.93. The van der Waals surface area contributed by atoms with Crippen molar-refractivity contribution in [2.75, 3.05) is 30.8 Å². The third-order valence-electron chi connectivity index (χ3n) is 6.24. The van der Waals surface area contributed by atoms with Crippen LogP contribution in [-0.4, -0.2) is 51.5 Å². The molecule has 0 aliphatic carbocycles. The molecule has 0 radical (unpaired) electrons. The van der Waals surface area contributed by atoms with Crippen LogP contribution in [0.25, 0.3) is 0 Å².